The third-order valence-corrected chi connectivity index (χ3v) is 11.3. The van der Waals surface area contributed by atoms with Crippen molar-refractivity contribution in [1.82, 2.24) is 0 Å². The molecule has 1 rings (SSSR count). The van der Waals surface area contributed by atoms with Crippen LogP contribution in [0.5, 0.6) is 0 Å². The molecule has 11 nitrogen and oxygen atoms in total. The van der Waals surface area contributed by atoms with Gasteiger partial charge in [-0.1, -0.05) is 115 Å². The maximum absolute atomic E-state index is 12.6. The number of allylic oxidation sites excluding steroid dienone is 5. The number of unbranched alkanes of at least 4 members (excludes halogenated alkanes) is 14. The Hall–Kier alpha value is -2.11. The lowest BCUT2D eigenvalue weighted by molar-refractivity contribution is -0.870. The zero-order valence-electron chi connectivity index (χ0n) is 37.0. The molecule has 0 heterocycles. The van der Waals surface area contributed by atoms with Crippen molar-refractivity contribution in [3.8, 4) is 0 Å². The second-order valence-corrected chi connectivity index (χ2v) is 18.4. The molecular formula is C46H83NO10P+. The summed E-state index contributed by atoms with van der Waals surface area (Å²) >= 11 is 0. The van der Waals surface area contributed by atoms with Crippen LogP contribution in [-0.4, -0.2) is 97.2 Å². The van der Waals surface area contributed by atoms with Crippen LogP contribution < -0.4 is 0 Å². The maximum atomic E-state index is 12.6. The highest BCUT2D eigenvalue weighted by Crippen LogP contribution is 2.43. The molecule has 0 spiro atoms. The van der Waals surface area contributed by atoms with E-state index in [9.17, 15) is 29.3 Å². The lowest BCUT2D eigenvalue weighted by atomic mass is 9.90. The summed E-state index contributed by atoms with van der Waals surface area (Å²) in [6, 6.07) is 0. The zero-order valence-corrected chi connectivity index (χ0v) is 37.9. The van der Waals surface area contributed by atoms with Crippen LogP contribution in [0.1, 0.15) is 155 Å². The first-order valence-corrected chi connectivity index (χ1v) is 24.0. The van der Waals surface area contributed by atoms with Gasteiger partial charge < -0.3 is 29.1 Å². The van der Waals surface area contributed by atoms with Gasteiger partial charge in [0.05, 0.1) is 46.2 Å². The second-order valence-electron chi connectivity index (χ2n) is 16.9. The molecule has 0 aromatic heterocycles. The number of phosphoric acid groups is 1. The van der Waals surface area contributed by atoms with E-state index in [1.54, 1.807) is 18.4 Å². The number of aliphatic hydroxyl groups is 2. The number of esters is 1. The first-order valence-electron chi connectivity index (χ1n) is 22.5. The van der Waals surface area contributed by atoms with Crippen LogP contribution in [-0.2, 0) is 32.7 Å². The molecule has 1 saturated carbocycles. The molecule has 3 N–H and O–H groups in total. The zero-order chi connectivity index (χ0) is 42.9. The van der Waals surface area contributed by atoms with Crippen LogP contribution in [0.3, 0.4) is 0 Å². The molecule has 12 heteroatoms. The van der Waals surface area contributed by atoms with Crippen molar-refractivity contribution in [1.29, 1.82) is 0 Å². The van der Waals surface area contributed by atoms with Crippen molar-refractivity contribution in [2.24, 2.45) is 11.8 Å². The largest absolute Gasteiger partial charge is 0.492 e. The number of ketones is 1. The van der Waals surface area contributed by atoms with Gasteiger partial charge in [0, 0.05) is 24.7 Å². The molecular weight excluding hydrogens is 757 g/mol. The Labute approximate surface area is 352 Å². The molecule has 1 unspecified atom stereocenters. The molecule has 58 heavy (non-hydrogen) atoms. The fourth-order valence-corrected chi connectivity index (χ4v) is 7.37. The SMILES string of the molecule is CCCCCC/C=C\CCCCCCCC/C=C/O[C@H](COC(=O)CCC/C=C\C[C@H]1C(=O)C[C@@H](O)[C@@H]1/C=C/[C@@H](O)CCCCC)COP(=O)(O)OCC[N+](C)(C)C. The van der Waals surface area contributed by atoms with Gasteiger partial charge in [-0.25, -0.2) is 4.57 Å². The molecule has 0 bridgehead atoms. The summed E-state index contributed by atoms with van der Waals surface area (Å²) in [6.45, 7) is 4.47. The van der Waals surface area contributed by atoms with Crippen LogP contribution >= 0.6 is 7.82 Å². The minimum atomic E-state index is -4.33. The van der Waals surface area contributed by atoms with Crippen LogP contribution in [0, 0.1) is 11.8 Å². The van der Waals surface area contributed by atoms with E-state index in [4.69, 9.17) is 18.5 Å². The Kier molecular flexibility index (Phi) is 31.2. The molecule has 0 radical (unpaired) electrons. The molecule has 0 saturated heterocycles. The highest BCUT2D eigenvalue weighted by Gasteiger charge is 2.39. The Balaban J connectivity index is 2.47. The highest BCUT2D eigenvalue weighted by atomic mass is 31.2. The Morgan fingerprint density at radius 2 is 1.40 bits per heavy atom. The first-order chi connectivity index (χ1) is 27.8. The van der Waals surface area contributed by atoms with Crippen molar-refractivity contribution < 1.29 is 52.3 Å². The first kappa shape index (κ1) is 53.9. The molecule has 6 atom stereocenters. The average Bonchev–Trinajstić information content (AvgIpc) is 3.44. The standard InChI is InChI=1S/C46H82NO10P/c1-6-8-10-11-12-13-14-15-16-17-18-19-20-21-24-28-35-54-41(39-57-58(52,53)56-36-34-47(3,4)5)38-55-46(51)31-27-23-22-26-30-42-43(45(50)37-44(42)49)33-32-40(48)29-25-9-7-2/h13-14,22,26,28,32-33,35,40-43,45,48,50H,6-12,15-21,23-25,27,29-31,34,36-39H2,1-5H3/p+1/b14-13-,26-22-,33-32+,35-28+/t40-,41+,42+,43+,45+/m0/s1. The maximum Gasteiger partial charge on any atom is 0.472 e. The fraction of sp³-hybridized carbons (Fsp3) is 0.783. The van der Waals surface area contributed by atoms with E-state index >= 15 is 0 Å². The number of nitrogens with zero attached hydrogens (tertiary/aromatic N) is 1. The molecule has 336 valence electrons. The van der Waals surface area contributed by atoms with E-state index in [0.29, 0.717) is 36.7 Å². The smallest absolute Gasteiger partial charge is 0.472 e. The number of aliphatic hydroxyl groups excluding tert-OH is 2. The van der Waals surface area contributed by atoms with Crippen molar-refractivity contribution in [2.75, 3.05) is 47.5 Å². The summed E-state index contributed by atoms with van der Waals surface area (Å²) in [7, 11) is 1.52. The summed E-state index contributed by atoms with van der Waals surface area (Å²) in [4.78, 5) is 35.4. The van der Waals surface area contributed by atoms with Crippen molar-refractivity contribution in [3.05, 3.63) is 48.8 Å². The third-order valence-electron chi connectivity index (χ3n) is 10.3. The Bertz CT molecular complexity index is 1230. The number of phosphoric ester groups is 1. The van der Waals surface area contributed by atoms with Crippen molar-refractivity contribution in [2.45, 2.75) is 173 Å². The minimum Gasteiger partial charge on any atom is -0.492 e. The number of rotatable bonds is 37. The summed E-state index contributed by atoms with van der Waals surface area (Å²) in [6.07, 6.45) is 34.6. The predicted molar refractivity (Wildman–Crippen MR) is 234 cm³/mol. The fourth-order valence-electron chi connectivity index (χ4n) is 6.63. The number of hydrogen-bond donors (Lipinski definition) is 3. The van der Waals surface area contributed by atoms with Crippen LogP contribution in [0.15, 0.2) is 48.8 Å². The van der Waals surface area contributed by atoms with Crippen LogP contribution in [0.25, 0.3) is 0 Å². The summed E-state index contributed by atoms with van der Waals surface area (Å²) in [5.74, 6) is -1.06. The normalized spacial score (nSPS) is 19.9. The average molecular weight is 841 g/mol. The Morgan fingerprint density at radius 1 is 0.810 bits per heavy atom. The number of carbonyl (C=O) groups excluding carboxylic acids is 2. The van der Waals surface area contributed by atoms with Crippen molar-refractivity contribution in [3.63, 3.8) is 0 Å². The van der Waals surface area contributed by atoms with Gasteiger partial charge in [-0.3, -0.25) is 18.6 Å². The predicted octanol–water partition coefficient (Wildman–Crippen LogP) is 10.1. The third kappa shape index (κ3) is 30.0. The molecule has 1 fully saturated rings. The van der Waals surface area contributed by atoms with Gasteiger partial charge in [-0.05, 0) is 70.3 Å². The number of carbonyl (C=O) groups is 2. The Morgan fingerprint density at radius 3 is 2.05 bits per heavy atom. The van der Waals surface area contributed by atoms with Gasteiger partial charge >= 0.3 is 13.8 Å². The van der Waals surface area contributed by atoms with Crippen LogP contribution in [0.4, 0.5) is 0 Å². The topological polar surface area (TPSA) is 149 Å². The van der Waals surface area contributed by atoms with Crippen molar-refractivity contribution >= 4 is 19.6 Å². The quantitative estimate of drug-likeness (QED) is 0.0138. The molecule has 1 aliphatic rings. The minimum absolute atomic E-state index is 0.0210. The monoisotopic (exact) mass is 841 g/mol. The molecule has 1 aliphatic carbocycles. The second kappa shape index (κ2) is 33.6. The lowest BCUT2D eigenvalue weighted by Crippen LogP contribution is -2.37. The van der Waals surface area contributed by atoms with Gasteiger partial charge in [-0.2, -0.15) is 0 Å². The van der Waals surface area contributed by atoms with E-state index in [-0.39, 0.29) is 50.3 Å². The van der Waals surface area contributed by atoms with Gasteiger partial charge in [0.2, 0.25) is 0 Å². The highest BCUT2D eigenvalue weighted by molar-refractivity contribution is 7.47. The number of hydrogen-bond acceptors (Lipinski definition) is 9. The number of ether oxygens (including phenoxy) is 2. The van der Waals surface area contributed by atoms with E-state index in [2.05, 4.69) is 26.0 Å². The molecule has 0 amide bonds. The molecule has 0 aromatic carbocycles. The number of quaternary nitrogens is 1. The number of Topliss-reactive ketones (excluding diaryl/α,β-unsaturated/α-hetero) is 1. The summed E-state index contributed by atoms with van der Waals surface area (Å²) in [5.41, 5.74) is 0. The van der Waals surface area contributed by atoms with E-state index in [1.807, 2.05) is 39.4 Å². The molecule has 0 aliphatic heterocycles. The van der Waals surface area contributed by atoms with Gasteiger partial charge in [0.15, 0.2) is 6.10 Å². The number of likely N-dealkylation sites (N-methyl/N-ethyl adjacent to an activating group) is 1. The molecule has 0 aromatic rings. The van der Waals surface area contributed by atoms with Gasteiger partial charge in [0.25, 0.3) is 0 Å². The van der Waals surface area contributed by atoms with Gasteiger partial charge in [0.1, 0.15) is 25.5 Å². The van der Waals surface area contributed by atoms with E-state index in [1.165, 1.54) is 64.2 Å². The summed E-state index contributed by atoms with van der Waals surface area (Å²) < 4.78 is 34.7. The van der Waals surface area contributed by atoms with E-state index < -0.39 is 32.1 Å². The lowest BCUT2D eigenvalue weighted by Gasteiger charge is -2.24. The summed E-state index contributed by atoms with van der Waals surface area (Å²) in [5, 5.41) is 20.7. The van der Waals surface area contributed by atoms with Gasteiger partial charge in [-0.15, -0.1) is 0 Å². The van der Waals surface area contributed by atoms with Crippen LogP contribution in [0.2, 0.25) is 0 Å². The van der Waals surface area contributed by atoms with E-state index in [0.717, 1.165) is 38.5 Å².